The van der Waals surface area contributed by atoms with Gasteiger partial charge in [-0.25, -0.2) is 14.5 Å². The quantitative estimate of drug-likeness (QED) is 0.128. The number of fused-ring (bicyclic) bond motifs is 1. The molecule has 58 heavy (non-hydrogen) atoms. The summed E-state index contributed by atoms with van der Waals surface area (Å²) in [7, 11) is 1.79. The number of Topliss-reactive ketones (excluding diaryl/α,β-unsaturated/α-hetero) is 1. The van der Waals surface area contributed by atoms with E-state index in [1.165, 1.54) is 0 Å². The Bertz CT molecular complexity index is 2280. The van der Waals surface area contributed by atoms with Crippen LogP contribution in [0.4, 0.5) is 21.9 Å². The van der Waals surface area contributed by atoms with Gasteiger partial charge in [0, 0.05) is 86.5 Å². The molecule has 3 atom stereocenters. The predicted octanol–water partition coefficient (Wildman–Crippen LogP) is 5.72. The lowest BCUT2D eigenvalue weighted by Gasteiger charge is -2.44. The minimum atomic E-state index is -0.728. The molecule has 0 unspecified atom stereocenters. The number of hydrogen-bond acceptors (Lipinski definition) is 12. The van der Waals surface area contributed by atoms with Crippen molar-refractivity contribution in [2.75, 3.05) is 54.9 Å². The first-order chi connectivity index (χ1) is 27.8. The molecule has 0 aliphatic carbocycles. The molecule has 2 aliphatic heterocycles. The van der Waals surface area contributed by atoms with Crippen molar-refractivity contribution in [2.24, 2.45) is 11.8 Å². The molecule has 0 bridgehead atoms. The van der Waals surface area contributed by atoms with Crippen molar-refractivity contribution in [3.8, 4) is 0 Å². The van der Waals surface area contributed by atoms with Crippen molar-refractivity contribution in [1.29, 1.82) is 0 Å². The number of amides is 2. The minimum absolute atomic E-state index is 0.0178. The number of hydrogen-bond donors (Lipinski definition) is 1. The molecule has 5 heterocycles. The second-order valence-electron chi connectivity index (χ2n) is 16.1. The molecular formula is C43H49N9O6. The molecule has 2 aliphatic rings. The normalized spacial score (nSPS) is 18.6. The van der Waals surface area contributed by atoms with E-state index in [0.717, 1.165) is 16.9 Å². The van der Waals surface area contributed by atoms with Crippen LogP contribution in [0.15, 0.2) is 85.5 Å². The van der Waals surface area contributed by atoms with Crippen molar-refractivity contribution < 1.29 is 28.7 Å². The Morgan fingerprint density at radius 3 is 2.52 bits per heavy atom. The number of anilines is 3. The summed E-state index contributed by atoms with van der Waals surface area (Å²) in [6, 6.07) is 18.5. The summed E-state index contributed by atoms with van der Waals surface area (Å²) in [6.07, 6.45) is 6.19. The molecule has 2 aromatic carbocycles. The van der Waals surface area contributed by atoms with E-state index in [4.69, 9.17) is 14.5 Å². The highest BCUT2D eigenvalue weighted by atomic mass is 16.6. The second kappa shape index (κ2) is 17.0. The number of likely N-dealkylation sites (N-methyl/N-ethyl adjacent to an activating group) is 1. The Labute approximate surface area is 337 Å². The number of benzene rings is 2. The number of pyridine rings is 2. The monoisotopic (exact) mass is 787 g/mol. The Morgan fingerprint density at radius 2 is 1.78 bits per heavy atom. The van der Waals surface area contributed by atoms with Gasteiger partial charge in [0.2, 0.25) is 5.91 Å². The number of rotatable bonds is 11. The van der Waals surface area contributed by atoms with Crippen molar-refractivity contribution in [3.05, 3.63) is 102 Å². The fraction of sp³-hybridized carbons (Fsp3) is 0.395. The second-order valence-corrected chi connectivity index (χ2v) is 16.1. The number of nitrogens with one attached hydrogen (secondary N) is 1. The third-order valence-corrected chi connectivity index (χ3v) is 10.5. The minimum Gasteiger partial charge on any atom is -0.460 e. The van der Waals surface area contributed by atoms with Gasteiger partial charge in [-0.2, -0.15) is 0 Å². The molecule has 2 fully saturated rings. The van der Waals surface area contributed by atoms with Crippen molar-refractivity contribution in [3.63, 3.8) is 0 Å². The molecule has 2 saturated heterocycles. The van der Waals surface area contributed by atoms with Crippen molar-refractivity contribution in [1.82, 2.24) is 29.9 Å². The number of aromatic nitrogens is 5. The van der Waals surface area contributed by atoms with Gasteiger partial charge in [-0.15, -0.1) is 5.10 Å². The van der Waals surface area contributed by atoms with Gasteiger partial charge >= 0.3 is 12.1 Å². The summed E-state index contributed by atoms with van der Waals surface area (Å²) in [5, 5.41) is 11.8. The van der Waals surface area contributed by atoms with Crippen LogP contribution in [0.2, 0.25) is 0 Å². The van der Waals surface area contributed by atoms with E-state index in [1.54, 1.807) is 36.6 Å². The standard InChI is InChI=1S/C43H49N9O6/c1-28-24-51(25-32(21-39(55)58-43(2,3)4)41(28)52-16-15-45-48-52)36-13-14-44-23-31(36)20-37(53)40-35(47-42(56)57-27-29-9-7-6-8-10-29)19-30-11-12-33(22-34(30)46-40)50-18-17-49(5)38(54)26-50/h6-16,19,22-23,28,32,41H,17-18,20-21,24-27H2,1-5H3,(H,47,56)/t28-,32+,41-/m0/s1. The van der Waals surface area contributed by atoms with Crippen LogP contribution >= 0.6 is 0 Å². The number of esters is 1. The summed E-state index contributed by atoms with van der Waals surface area (Å²) < 4.78 is 13.1. The van der Waals surface area contributed by atoms with Crippen LogP contribution < -0.4 is 15.1 Å². The first-order valence-corrected chi connectivity index (χ1v) is 19.5. The van der Waals surface area contributed by atoms with Crippen LogP contribution in [0.3, 0.4) is 0 Å². The van der Waals surface area contributed by atoms with E-state index in [-0.39, 0.29) is 72.9 Å². The molecule has 15 heteroatoms. The van der Waals surface area contributed by atoms with Crippen LogP contribution in [0.1, 0.15) is 61.8 Å². The topological polar surface area (TPSA) is 165 Å². The lowest BCUT2D eigenvalue weighted by Crippen LogP contribution is -2.48. The van der Waals surface area contributed by atoms with E-state index in [2.05, 4.69) is 32.4 Å². The van der Waals surface area contributed by atoms with Crippen LogP contribution in [0.5, 0.6) is 0 Å². The molecule has 15 nitrogen and oxygen atoms in total. The summed E-state index contributed by atoms with van der Waals surface area (Å²) in [5.74, 6) is -0.755. The Kier molecular flexibility index (Phi) is 11.7. The predicted molar refractivity (Wildman–Crippen MR) is 219 cm³/mol. The summed E-state index contributed by atoms with van der Waals surface area (Å²) in [4.78, 5) is 68.6. The molecule has 302 valence electrons. The van der Waals surface area contributed by atoms with Gasteiger partial charge in [-0.05, 0) is 56.5 Å². The van der Waals surface area contributed by atoms with E-state index in [1.807, 2.05) is 91.1 Å². The van der Waals surface area contributed by atoms with Gasteiger partial charge in [0.15, 0.2) is 5.78 Å². The van der Waals surface area contributed by atoms with Crippen LogP contribution in [-0.2, 0) is 32.1 Å². The highest BCUT2D eigenvalue weighted by Crippen LogP contribution is 2.38. The lowest BCUT2D eigenvalue weighted by molar-refractivity contribution is -0.156. The van der Waals surface area contributed by atoms with Crippen LogP contribution in [0, 0.1) is 11.8 Å². The van der Waals surface area contributed by atoms with Gasteiger partial charge < -0.3 is 24.2 Å². The van der Waals surface area contributed by atoms with Gasteiger partial charge in [0.05, 0.1) is 36.4 Å². The van der Waals surface area contributed by atoms with E-state index < -0.39 is 11.7 Å². The zero-order chi connectivity index (χ0) is 41.0. The number of nitrogens with zero attached hydrogens (tertiary/aromatic N) is 8. The van der Waals surface area contributed by atoms with Crippen LogP contribution in [0.25, 0.3) is 10.9 Å². The van der Waals surface area contributed by atoms with Crippen molar-refractivity contribution >= 4 is 51.7 Å². The molecule has 0 radical (unpaired) electrons. The van der Waals surface area contributed by atoms with Gasteiger partial charge in [0.25, 0.3) is 0 Å². The smallest absolute Gasteiger partial charge is 0.412 e. The number of carbonyl (C=O) groups excluding carboxylic acids is 4. The van der Waals surface area contributed by atoms with E-state index in [0.29, 0.717) is 42.6 Å². The number of ether oxygens (including phenoxy) is 2. The number of carbonyl (C=O) groups is 4. The van der Waals surface area contributed by atoms with Gasteiger partial charge in [0.1, 0.15) is 17.9 Å². The Hall–Kier alpha value is -6.38. The SMILES string of the molecule is C[C@H]1CN(c2ccncc2CC(=O)c2nc3cc(N4CCN(C)C(=O)C4)ccc3cc2NC(=O)OCc2ccccc2)C[C@@H](CC(=O)OC(C)(C)C)[C@H]1n1ccnn1. The fourth-order valence-electron chi connectivity index (χ4n) is 7.85. The lowest BCUT2D eigenvalue weighted by atomic mass is 9.82. The molecule has 2 amide bonds. The molecule has 0 spiro atoms. The molecule has 1 N–H and O–H groups in total. The zero-order valence-electron chi connectivity index (χ0n) is 33.5. The van der Waals surface area contributed by atoms with E-state index >= 15 is 0 Å². The highest BCUT2D eigenvalue weighted by molar-refractivity contribution is 6.06. The third-order valence-electron chi connectivity index (χ3n) is 10.5. The molecular weight excluding hydrogens is 739 g/mol. The maximum Gasteiger partial charge on any atom is 0.412 e. The number of piperidine rings is 1. The van der Waals surface area contributed by atoms with Crippen LogP contribution in [-0.4, -0.2) is 99.0 Å². The first-order valence-electron chi connectivity index (χ1n) is 19.5. The molecule has 5 aromatic rings. The molecule has 0 saturated carbocycles. The third kappa shape index (κ3) is 9.41. The first kappa shape index (κ1) is 39.8. The van der Waals surface area contributed by atoms with Crippen molar-refractivity contribution in [2.45, 2.75) is 58.8 Å². The number of piperazine rings is 1. The molecule has 3 aromatic heterocycles. The maximum atomic E-state index is 14.5. The Morgan fingerprint density at radius 1 is 0.966 bits per heavy atom. The Balaban J connectivity index is 1.18. The zero-order valence-corrected chi connectivity index (χ0v) is 33.5. The number of ketones is 1. The average Bonchev–Trinajstić information content (AvgIpc) is 3.72. The summed E-state index contributed by atoms with van der Waals surface area (Å²) >= 11 is 0. The van der Waals surface area contributed by atoms with E-state index in [9.17, 15) is 19.2 Å². The van der Waals surface area contributed by atoms with Gasteiger partial charge in [-0.3, -0.25) is 24.7 Å². The average molecular weight is 788 g/mol. The largest absolute Gasteiger partial charge is 0.460 e. The molecule has 7 rings (SSSR count). The summed E-state index contributed by atoms with van der Waals surface area (Å²) in [5.41, 5.74) is 3.28. The van der Waals surface area contributed by atoms with Gasteiger partial charge in [-0.1, -0.05) is 48.5 Å². The fourth-order valence-corrected chi connectivity index (χ4v) is 7.85. The highest BCUT2D eigenvalue weighted by Gasteiger charge is 2.39. The summed E-state index contributed by atoms with van der Waals surface area (Å²) in [6.45, 7) is 10.3. The maximum absolute atomic E-state index is 14.5.